The van der Waals surface area contributed by atoms with Gasteiger partial charge in [-0.1, -0.05) is 18.2 Å². The number of ether oxygens (including phenoxy) is 1. The van der Waals surface area contributed by atoms with Gasteiger partial charge in [0, 0.05) is 35.9 Å². The summed E-state index contributed by atoms with van der Waals surface area (Å²) in [6.45, 7) is 2.58. The number of carbonyl (C=O) groups excluding carboxylic acids is 2. The summed E-state index contributed by atoms with van der Waals surface area (Å²) >= 11 is 5.69. The lowest BCUT2D eigenvalue weighted by molar-refractivity contribution is -0.136. The predicted octanol–water partition coefficient (Wildman–Crippen LogP) is 3.48. The maximum absolute atomic E-state index is 12.5. The molecule has 132 valence electrons. The van der Waals surface area contributed by atoms with Crippen LogP contribution in [0, 0.1) is 0 Å². The van der Waals surface area contributed by atoms with Crippen molar-refractivity contribution in [2.24, 2.45) is 0 Å². The number of rotatable bonds is 5. The Morgan fingerprint density at radius 3 is 2.88 bits per heavy atom. The summed E-state index contributed by atoms with van der Waals surface area (Å²) < 4.78 is 5.21. The number of nitrogens with zero attached hydrogens (tertiary/aromatic N) is 1. The van der Waals surface area contributed by atoms with Gasteiger partial charge in [-0.15, -0.1) is 11.6 Å². The van der Waals surface area contributed by atoms with Crippen LogP contribution in [-0.4, -0.2) is 40.8 Å². The summed E-state index contributed by atoms with van der Waals surface area (Å²) in [7, 11) is 0. The molecule has 1 amide bonds. The van der Waals surface area contributed by atoms with Crippen LogP contribution in [0.3, 0.4) is 0 Å². The van der Waals surface area contributed by atoms with Crippen LogP contribution >= 0.6 is 11.6 Å². The number of carbonyl (C=O) groups is 2. The van der Waals surface area contributed by atoms with Crippen LogP contribution in [0.4, 0.5) is 0 Å². The second-order valence-corrected chi connectivity index (χ2v) is 6.30. The highest BCUT2D eigenvalue weighted by Gasteiger charge is 2.26. The lowest BCUT2D eigenvalue weighted by atomic mass is 10.0. The molecule has 1 aromatic carbocycles. The van der Waals surface area contributed by atoms with Gasteiger partial charge in [0.05, 0.1) is 17.9 Å². The highest BCUT2D eigenvalue weighted by atomic mass is 35.5. The third kappa shape index (κ3) is 3.56. The molecule has 0 unspecified atom stereocenters. The Kier molecular flexibility index (Phi) is 5.43. The SMILES string of the molecule is CCOC(=O)C1=CN(C(=O)CCCCl)CCc2c1[nH]c1ccccc21. The van der Waals surface area contributed by atoms with Crippen molar-refractivity contribution in [3.05, 3.63) is 41.7 Å². The first-order valence-electron chi connectivity index (χ1n) is 8.50. The van der Waals surface area contributed by atoms with E-state index in [1.54, 1.807) is 18.0 Å². The number of aromatic amines is 1. The normalized spacial score (nSPS) is 14.0. The Labute approximate surface area is 151 Å². The smallest absolute Gasteiger partial charge is 0.341 e. The molecule has 25 heavy (non-hydrogen) atoms. The number of hydrogen-bond donors (Lipinski definition) is 1. The molecular formula is C19H21ClN2O3. The fraction of sp³-hybridized carbons (Fsp3) is 0.368. The van der Waals surface area contributed by atoms with E-state index in [2.05, 4.69) is 4.98 Å². The molecule has 0 spiro atoms. The molecule has 5 nitrogen and oxygen atoms in total. The number of nitrogens with one attached hydrogen (secondary N) is 1. The molecule has 1 aromatic heterocycles. The van der Waals surface area contributed by atoms with Gasteiger partial charge in [0.1, 0.15) is 0 Å². The molecular weight excluding hydrogens is 340 g/mol. The van der Waals surface area contributed by atoms with E-state index in [4.69, 9.17) is 16.3 Å². The highest BCUT2D eigenvalue weighted by molar-refractivity contribution is 6.18. The van der Waals surface area contributed by atoms with Crippen LogP contribution in [0.1, 0.15) is 31.0 Å². The van der Waals surface area contributed by atoms with E-state index in [9.17, 15) is 9.59 Å². The number of fused-ring (bicyclic) bond motifs is 3. The number of H-pyrrole nitrogens is 1. The van der Waals surface area contributed by atoms with Crippen LogP contribution in [0.25, 0.3) is 16.5 Å². The molecule has 1 aliphatic heterocycles. The maximum atomic E-state index is 12.5. The largest absolute Gasteiger partial charge is 0.462 e. The first-order chi connectivity index (χ1) is 12.2. The third-order valence-corrected chi connectivity index (χ3v) is 4.58. The minimum Gasteiger partial charge on any atom is -0.462 e. The lowest BCUT2D eigenvalue weighted by Gasteiger charge is -2.17. The number of benzene rings is 1. The van der Waals surface area contributed by atoms with Crippen LogP contribution < -0.4 is 0 Å². The summed E-state index contributed by atoms with van der Waals surface area (Å²) in [6, 6.07) is 7.93. The van der Waals surface area contributed by atoms with Crippen molar-refractivity contribution in [2.75, 3.05) is 19.0 Å². The highest BCUT2D eigenvalue weighted by Crippen LogP contribution is 2.31. The van der Waals surface area contributed by atoms with Crippen LogP contribution in [-0.2, 0) is 20.7 Å². The number of halogens is 1. The van der Waals surface area contributed by atoms with Gasteiger partial charge < -0.3 is 14.6 Å². The lowest BCUT2D eigenvalue weighted by Crippen LogP contribution is -2.27. The van der Waals surface area contributed by atoms with Crippen LogP contribution in [0.2, 0.25) is 0 Å². The zero-order valence-electron chi connectivity index (χ0n) is 14.2. The fourth-order valence-electron chi connectivity index (χ4n) is 3.13. The van der Waals surface area contributed by atoms with Crippen LogP contribution in [0.5, 0.6) is 0 Å². The zero-order chi connectivity index (χ0) is 17.8. The van der Waals surface area contributed by atoms with Crippen molar-refractivity contribution < 1.29 is 14.3 Å². The Morgan fingerprint density at radius 2 is 2.12 bits per heavy atom. The second-order valence-electron chi connectivity index (χ2n) is 5.92. The first kappa shape index (κ1) is 17.5. The molecule has 2 heterocycles. The standard InChI is InChI=1S/C19H21ClN2O3/c1-2-25-19(24)15-12-22(17(23)8-5-10-20)11-9-14-13-6-3-4-7-16(13)21-18(14)15/h3-4,6-7,12,21H,2,5,8-11H2,1H3. The average Bonchev–Trinajstić information content (AvgIpc) is 2.87. The zero-order valence-corrected chi connectivity index (χ0v) is 14.9. The maximum Gasteiger partial charge on any atom is 0.341 e. The number of amides is 1. The van der Waals surface area contributed by atoms with Crippen molar-refractivity contribution in [2.45, 2.75) is 26.2 Å². The molecule has 0 aliphatic carbocycles. The van der Waals surface area contributed by atoms with Crippen molar-refractivity contribution in [1.29, 1.82) is 0 Å². The molecule has 0 saturated carbocycles. The van der Waals surface area contributed by atoms with Crippen molar-refractivity contribution in [1.82, 2.24) is 9.88 Å². The van der Waals surface area contributed by atoms with Gasteiger partial charge in [0.25, 0.3) is 0 Å². The molecule has 2 aromatic rings. The summed E-state index contributed by atoms with van der Waals surface area (Å²) in [5.74, 6) is -0.0122. The van der Waals surface area contributed by atoms with Gasteiger partial charge in [0.2, 0.25) is 5.91 Å². The molecule has 0 fully saturated rings. The van der Waals surface area contributed by atoms with Gasteiger partial charge in [-0.05, 0) is 31.4 Å². The topological polar surface area (TPSA) is 62.4 Å². The van der Waals surface area contributed by atoms with Gasteiger partial charge >= 0.3 is 5.97 Å². The quantitative estimate of drug-likeness (QED) is 0.656. The minimum atomic E-state index is -0.424. The number of alkyl halides is 1. The predicted molar refractivity (Wildman–Crippen MR) is 98.3 cm³/mol. The van der Waals surface area contributed by atoms with Crippen molar-refractivity contribution in [3.63, 3.8) is 0 Å². The molecule has 1 N–H and O–H groups in total. The van der Waals surface area contributed by atoms with Gasteiger partial charge in [-0.25, -0.2) is 4.79 Å². The van der Waals surface area contributed by atoms with E-state index in [0.29, 0.717) is 37.3 Å². The summed E-state index contributed by atoms with van der Waals surface area (Å²) in [5.41, 5.74) is 3.16. The van der Waals surface area contributed by atoms with Crippen LogP contribution in [0.15, 0.2) is 30.5 Å². The molecule has 0 radical (unpaired) electrons. The van der Waals surface area contributed by atoms with Gasteiger partial charge in [-0.3, -0.25) is 4.79 Å². The fourth-order valence-corrected chi connectivity index (χ4v) is 3.26. The van der Waals surface area contributed by atoms with Crippen molar-refractivity contribution in [3.8, 4) is 0 Å². The Morgan fingerprint density at radius 1 is 1.32 bits per heavy atom. The molecule has 6 heteroatoms. The van der Waals surface area contributed by atoms with E-state index in [0.717, 1.165) is 22.2 Å². The number of aromatic nitrogens is 1. The van der Waals surface area contributed by atoms with E-state index in [-0.39, 0.29) is 12.5 Å². The second kappa shape index (κ2) is 7.74. The molecule has 0 atom stereocenters. The first-order valence-corrected chi connectivity index (χ1v) is 9.03. The number of para-hydroxylation sites is 1. The summed E-state index contributed by atoms with van der Waals surface area (Å²) in [4.78, 5) is 29.9. The van der Waals surface area contributed by atoms with E-state index in [1.807, 2.05) is 24.3 Å². The Hall–Kier alpha value is -2.27. The molecule has 3 rings (SSSR count). The molecule has 1 aliphatic rings. The average molecular weight is 361 g/mol. The Bertz CT molecular complexity index is 825. The van der Waals surface area contributed by atoms with Gasteiger partial charge in [-0.2, -0.15) is 0 Å². The minimum absolute atomic E-state index is 0.0306. The number of esters is 1. The monoisotopic (exact) mass is 360 g/mol. The van der Waals surface area contributed by atoms with Crippen molar-refractivity contribution >= 4 is 40.0 Å². The van der Waals surface area contributed by atoms with E-state index < -0.39 is 5.97 Å². The van der Waals surface area contributed by atoms with E-state index >= 15 is 0 Å². The number of hydrogen-bond acceptors (Lipinski definition) is 3. The van der Waals surface area contributed by atoms with E-state index in [1.165, 1.54) is 0 Å². The molecule has 0 bridgehead atoms. The summed E-state index contributed by atoms with van der Waals surface area (Å²) in [5, 5.41) is 1.07. The summed E-state index contributed by atoms with van der Waals surface area (Å²) in [6.07, 6.45) is 3.28. The Balaban J connectivity index is 2.04. The third-order valence-electron chi connectivity index (χ3n) is 4.31. The molecule has 0 saturated heterocycles. The van der Waals surface area contributed by atoms with Gasteiger partial charge in [0.15, 0.2) is 0 Å².